The molecule has 2 atom stereocenters. The van der Waals surface area contributed by atoms with E-state index in [4.69, 9.17) is 5.11 Å². The Balaban J connectivity index is 2.67. The zero-order valence-corrected chi connectivity index (χ0v) is 10.5. The number of carboxylic acids is 1. The molecular formula is C10H19NO4S. The molecule has 0 aliphatic carbocycles. The normalized spacial score (nSPS) is 27.1. The van der Waals surface area contributed by atoms with Crippen LogP contribution in [0.3, 0.4) is 0 Å². The van der Waals surface area contributed by atoms with Crippen LogP contribution in [0.25, 0.3) is 0 Å². The fourth-order valence-electron chi connectivity index (χ4n) is 1.93. The van der Waals surface area contributed by atoms with Crippen molar-refractivity contribution in [1.82, 2.24) is 4.31 Å². The highest BCUT2D eigenvalue weighted by molar-refractivity contribution is 7.89. The first-order valence-corrected chi connectivity index (χ1v) is 7.20. The van der Waals surface area contributed by atoms with Gasteiger partial charge in [-0.25, -0.2) is 12.7 Å². The molecule has 0 saturated carbocycles. The van der Waals surface area contributed by atoms with Crippen molar-refractivity contribution >= 4 is 16.0 Å². The first-order valence-electron chi connectivity index (χ1n) is 5.59. The number of sulfonamides is 1. The Labute approximate surface area is 96.5 Å². The van der Waals surface area contributed by atoms with Gasteiger partial charge in [0.1, 0.15) is 0 Å². The van der Waals surface area contributed by atoms with Gasteiger partial charge in [-0.2, -0.15) is 0 Å². The highest BCUT2D eigenvalue weighted by Gasteiger charge is 2.39. The van der Waals surface area contributed by atoms with Gasteiger partial charge in [0.15, 0.2) is 0 Å². The van der Waals surface area contributed by atoms with Crippen molar-refractivity contribution in [3.63, 3.8) is 0 Å². The lowest BCUT2D eigenvalue weighted by Crippen LogP contribution is -2.32. The van der Waals surface area contributed by atoms with Gasteiger partial charge in [-0.15, -0.1) is 0 Å². The lowest BCUT2D eigenvalue weighted by molar-refractivity contribution is -0.142. The molecule has 0 unspecified atom stereocenters. The zero-order valence-electron chi connectivity index (χ0n) is 9.72. The van der Waals surface area contributed by atoms with Gasteiger partial charge in [0, 0.05) is 13.1 Å². The van der Waals surface area contributed by atoms with Crippen molar-refractivity contribution in [2.75, 3.05) is 18.8 Å². The second-order valence-corrected chi connectivity index (χ2v) is 6.50. The molecule has 94 valence electrons. The fraction of sp³-hybridized carbons (Fsp3) is 0.900. The lowest BCUT2D eigenvalue weighted by Gasteiger charge is -2.15. The number of hydrogen-bond donors (Lipinski definition) is 1. The maximum atomic E-state index is 11.8. The maximum Gasteiger partial charge on any atom is 0.308 e. The first-order chi connectivity index (χ1) is 7.38. The summed E-state index contributed by atoms with van der Waals surface area (Å²) in [5, 5.41) is 8.92. The van der Waals surface area contributed by atoms with Crippen molar-refractivity contribution < 1.29 is 18.3 Å². The van der Waals surface area contributed by atoms with E-state index in [-0.39, 0.29) is 18.2 Å². The van der Waals surface area contributed by atoms with Crippen LogP contribution in [0.4, 0.5) is 0 Å². The van der Waals surface area contributed by atoms with Crippen molar-refractivity contribution in [3.8, 4) is 0 Å². The number of nitrogens with zero attached hydrogens (tertiary/aromatic N) is 1. The van der Waals surface area contributed by atoms with Crippen LogP contribution < -0.4 is 0 Å². The van der Waals surface area contributed by atoms with Crippen molar-refractivity contribution in [2.24, 2.45) is 11.8 Å². The number of carboxylic acid groups (broad SMARTS) is 1. The summed E-state index contributed by atoms with van der Waals surface area (Å²) in [6.45, 7) is 4.18. The van der Waals surface area contributed by atoms with Crippen LogP contribution in [0.15, 0.2) is 0 Å². The summed E-state index contributed by atoms with van der Waals surface area (Å²) in [7, 11) is -3.25. The van der Waals surface area contributed by atoms with Crippen LogP contribution in [0.5, 0.6) is 0 Å². The van der Waals surface area contributed by atoms with E-state index < -0.39 is 21.9 Å². The van der Waals surface area contributed by atoms with Gasteiger partial charge in [-0.3, -0.25) is 4.79 Å². The number of carbonyl (C=O) groups is 1. The third-order valence-electron chi connectivity index (χ3n) is 3.05. The minimum atomic E-state index is -3.25. The molecule has 0 bridgehead atoms. The van der Waals surface area contributed by atoms with E-state index in [0.717, 1.165) is 6.42 Å². The van der Waals surface area contributed by atoms with Gasteiger partial charge < -0.3 is 5.11 Å². The maximum absolute atomic E-state index is 11.8. The number of hydrogen-bond acceptors (Lipinski definition) is 3. The predicted octanol–water partition coefficient (Wildman–Crippen LogP) is 0.769. The molecule has 1 aliphatic rings. The summed E-state index contributed by atoms with van der Waals surface area (Å²) in [5.74, 6) is -1.44. The van der Waals surface area contributed by atoms with Gasteiger partial charge in [0.25, 0.3) is 0 Å². The average molecular weight is 249 g/mol. The van der Waals surface area contributed by atoms with Gasteiger partial charge in [-0.05, 0) is 12.3 Å². The summed E-state index contributed by atoms with van der Waals surface area (Å²) in [5.41, 5.74) is 0. The fourth-order valence-corrected chi connectivity index (χ4v) is 3.69. The highest BCUT2D eigenvalue weighted by atomic mass is 32.2. The molecule has 1 fully saturated rings. The molecule has 16 heavy (non-hydrogen) atoms. The standard InChI is InChI=1S/C10H19NO4S/c1-3-4-5-16(14,15)11-6-8(2)9(7-11)10(12)13/h8-9H,3-7H2,1-2H3,(H,12,13)/t8-,9-/m1/s1. The first kappa shape index (κ1) is 13.4. The number of aliphatic carboxylic acids is 1. The minimum absolute atomic E-state index is 0.103. The van der Waals surface area contributed by atoms with Crippen LogP contribution in [0, 0.1) is 11.8 Å². The molecule has 0 amide bonds. The van der Waals surface area contributed by atoms with Crippen LogP contribution in [0.2, 0.25) is 0 Å². The molecule has 1 heterocycles. The van der Waals surface area contributed by atoms with Crippen LogP contribution >= 0.6 is 0 Å². The Bertz CT molecular complexity index is 352. The Morgan fingerprint density at radius 1 is 1.44 bits per heavy atom. The molecule has 0 spiro atoms. The molecule has 0 aromatic rings. The molecule has 1 N–H and O–H groups in total. The second kappa shape index (κ2) is 5.14. The van der Waals surface area contributed by atoms with E-state index in [1.165, 1.54) is 4.31 Å². The van der Waals surface area contributed by atoms with Crippen molar-refractivity contribution in [1.29, 1.82) is 0 Å². The quantitative estimate of drug-likeness (QED) is 0.781. The van der Waals surface area contributed by atoms with Crippen LogP contribution in [-0.4, -0.2) is 42.6 Å². The Hall–Kier alpha value is -0.620. The Kier molecular flexibility index (Phi) is 4.32. The van der Waals surface area contributed by atoms with Crippen molar-refractivity contribution in [2.45, 2.75) is 26.7 Å². The monoisotopic (exact) mass is 249 g/mol. The summed E-state index contributed by atoms with van der Waals surface area (Å²) >= 11 is 0. The molecule has 0 aromatic heterocycles. The Morgan fingerprint density at radius 3 is 2.50 bits per heavy atom. The SMILES string of the molecule is CCCCS(=O)(=O)N1C[C@@H](C)[C@H](C(=O)O)C1. The molecule has 5 nitrogen and oxygen atoms in total. The lowest BCUT2D eigenvalue weighted by atomic mass is 9.99. The van der Waals surface area contributed by atoms with Crippen LogP contribution in [-0.2, 0) is 14.8 Å². The number of rotatable bonds is 5. The molecule has 0 radical (unpaired) electrons. The topological polar surface area (TPSA) is 74.7 Å². The number of unbranched alkanes of at least 4 members (excludes halogenated alkanes) is 1. The van der Waals surface area contributed by atoms with E-state index in [9.17, 15) is 13.2 Å². The van der Waals surface area contributed by atoms with E-state index in [1.807, 2.05) is 6.92 Å². The van der Waals surface area contributed by atoms with Gasteiger partial charge in [0.2, 0.25) is 10.0 Å². The zero-order chi connectivity index (χ0) is 12.3. The smallest absolute Gasteiger partial charge is 0.308 e. The van der Waals surface area contributed by atoms with E-state index >= 15 is 0 Å². The Morgan fingerprint density at radius 2 is 2.06 bits per heavy atom. The third kappa shape index (κ3) is 2.95. The molecular weight excluding hydrogens is 230 g/mol. The molecule has 1 aliphatic heterocycles. The molecule has 1 saturated heterocycles. The van der Waals surface area contributed by atoms with Gasteiger partial charge >= 0.3 is 5.97 Å². The predicted molar refractivity (Wildman–Crippen MR) is 60.6 cm³/mol. The van der Waals surface area contributed by atoms with Gasteiger partial charge in [-0.1, -0.05) is 20.3 Å². The molecule has 1 rings (SSSR count). The second-order valence-electron chi connectivity index (χ2n) is 4.41. The van der Waals surface area contributed by atoms with Crippen molar-refractivity contribution in [3.05, 3.63) is 0 Å². The summed E-state index contributed by atoms with van der Waals surface area (Å²) < 4.78 is 25.0. The average Bonchev–Trinajstić information content (AvgIpc) is 2.58. The third-order valence-corrected chi connectivity index (χ3v) is 4.93. The summed E-state index contributed by atoms with van der Waals surface area (Å²) in [6, 6.07) is 0. The molecule has 0 aromatic carbocycles. The molecule has 6 heteroatoms. The minimum Gasteiger partial charge on any atom is -0.481 e. The summed E-state index contributed by atoms with van der Waals surface area (Å²) in [6.07, 6.45) is 1.45. The van der Waals surface area contributed by atoms with E-state index in [2.05, 4.69) is 0 Å². The van der Waals surface area contributed by atoms with E-state index in [1.54, 1.807) is 6.92 Å². The highest BCUT2D eigenvalue weighted by Crippen LogP contribution is 2.25. The largest absolute Gasteiger partial charge is 0.481 e. The van der Waals surface area contributed by atoms with E-state index in [0.29, 0.717) is 13.0 Å². The van der Waals surface area contributed by atoms with Gasteiger partial charge in [0.05, 0.1) is 11.7 Å². The van der Waals surface area contributed by atoms with Crippen LogP contribution in [0.1, 0.15) is 26.7 Å². The summed E-state index contributed by atoms with van der Waals surface area (Å²) in [4.78, 5) is 10.9.